The van der Waals surface area contributed by atoms with Crippen LogP contribution in [0.2, 0.25) is 4.34 Å². The van der Waals surface area contributed by atoms with Crippen LogP contribution in [-0.4, -0.2) is 28.4 Å². The van der Waals surface area contributed by atoms with Crippen molar-refractivity contribution in [3.63, 3.8) is 0 Å². The zero-order valence-corrected chi connectivity index (χ0v) is 14.7. The molecule has 0 aliphatic heterocycles. The van der Waals surface area contributed by atoms with Gasteiger partial charge in [0, 0.05) is 26.7 Å². The Kier molecular flexibility index (Phi) is 4.79. The van der Waals surface area contributed by atoms with Crippen molar-refractivity contribution in [1.82, 2.24) is 0 Å². The average Bonchev–Trinajstić information content (AvgIpc) is 2.93. The molecule has 0 radical (unpaired) electrons. The second-order valence-corrected chi connectivity index (χ2v) is 8.54. The van der Waals surface area contributed by atoms with Crippen LogP contribution in [0.15, 0.2) is 40.6 Å². The van der Waals surface area contributed by atoms with Gasteiger partial charge in [-0.25, -0.2) is 8.42 Å². The summed E-state index contributed by atoms with van der Waals surface area (Å²) < 4.78 is 26.8. The van der Waals surface area contributed by atoms with E-state index in [9.17, 15) is 13.2 Å². The van der Waals surface area contributed by atoms with Crippen LogP contribution in [0.3, 0.4) is 0 Å². The fourth-order valence-electron chi connectivity index (χ4n) is 1.78. The fourth-order valence-corrected chi connectivity index (χ4v) is 4.63. The summed E-state index contributed by atoms with van der Waals surface area (Å²) in [6, 6.07) is 9.74. The Labute approximate surface area is 138 Å². The van der Waals surface area contributed by atoms with Crippen molar-refractivity contribution in [2.24, 2.45) is 0 Å². The molecule has 1 aromatic carbocycles. The van der Waals surface area contributed by atoms with E-state index in [0.29, 0.717) is 15.7 Å². The third-order valence-electron chi connectivity index (χ3n) is 3.24. The molecule has 1 heterocycles. The molecule has 0 saturated heterocycles. The lowest BCUT2D eigenvalue weighted by atomic mass is 10.2. The predicted octanol–water partition coefficient (Wildman–Crippen LogP) is 3.21. The lowest BCUT2D eigenvalue weighted by molar-refractivity contribution is -0.116. The zero-order chi connectivity index (χ0) is 16.5. The highest BCUT2D eigenvalue weighted by atomic mass is 35.5. The molecule has 2 rings (SSSR count). The van der Waals surface area contributed by atoms with E-state index in [-0.39, 0.29) is 10.1 Å². The van der Waals surface area contributed by atoms with Gasteiger partial charge in [0.05, 0.1) is 10.0 Å². The highest BCUT2D eigenvalue weighted by Gasteiger charge is 2.23. The highest BCUT2D eigenvalue weighted by Crippen LogP contribution is 2.30. The molecule has 0 N–H and O–H groups in total. The molecule has 1 aromatic heterocycles. The third-order valence-corrected chi connectivity index (χ3v) is 6.72. The second kappa shape index (κ2) is 6.28. The lowest BCUT2D eigenvalue weighted by Crippen LogP contribution is -2.26. The monoisotopic (exact) mass is 358 g/mol. The molecule has 0 saturated carbocycles. The van der Waals surface area contributed by atoms with Crippen LogP contribution in [0.5, 0.6) is 0 Å². The maximum atomic E-state index is 12.5. The van der Waals surface area contributed by atoms with Gasteiger partial charge in [-0.2, -0.15) is 0 Å². The Balaban J connectivity index is 2.30. The van der Waals surface area contributed by atoms with Crippen LogP contribution >= 0.6 is 22.9 Å². The average molecular weight is 359 g/mol. The maximum absolute atomic E-state index is 12.5. The summed E-state index contributed by atoms with van der Waals surface area (Å²) in [6.45, 7) is 1.46. The number of nitrogens with zero attached hydrogens (tertiary/aromatic N) is 2. The number of rotatable bonds is 4. The molecular formula is C14H15ClN2O3S2. The third kappa shape index (κ3) is 3.26. The van der Waals surface area contributed by atoms with E-state index in [4.69, 9.17) is 11.6 Å². The Hall–Kier alpha value is -1.57. The maximum Gasteiger partial charge on any atom is 0.273 e. The first kappa shape index (κ1) is 16.8. The minimum absolute atomic E-state index is 0.0954. The van der Waals surface area contributed by atoms with Gasteiger partial charge in [-0.1, -0.05) is 11.6 Å². The first-order chi connectivity index (χ1) is 10.2. The number of hydrogen-bond donors (Lipinski definition) is 0. The minimum atomic E-state index is -3.63. The number of halogens is 1. The molecular weight excluding hydrogens is 344 g/mol. The van der Waals surface area contributed by atoms with Gasteiger partial charge in [-0.3, -0.25) is 9.10 Å². The molecule has 8 heteroatoms. The number of anilines is 2. The summed E-state index contributed by atoms with van der Waals surface area (Å²) in [5.74, 6) is -0.0954. The number of benzene rings is 1. The van der Waals surface area contributed by atoms with Crippen molar-refractivity contribution in [2.45, 2.75) is 11.1 Å². The number of carbonyl (C=O) groups is 1. The van der Waals surface area contributed by atoms with Gasteiger partial charge in [-0.05, 0) is 36.4 Å². The van der Waals surface area contributed by atoms with Gasteiger partial charge in [0.15, 0.2) is 0 Å². The van der Waals surface area contributed by atoms with Crippen LogP contribution in [-0.2, 0) is 14.8 Å². The van der Waals surface area contributed by atoms with E-state index in [1.807, 2.05) is 0 Å². The first-order valence-corrected chi connectivity index (χ1v) is 8.95. The SMILES string of the molecule is CC(=O)N(C)c1ccc(N(C)S(=O)(=O)c2ccc(Cl)s2)cc1. The molecule has 118 valence electrons. The molecule has 0 fully saturated rings. The normalized spacial score (nSPS) is 11.3. The van der Waals surface area contributed by atoms with E-state index >= 15 is 0 Å². The molecule has 0 spiro atoms. The number of amides is 1. The first-order valence-electron chi connectivity index (χ1n) is 6.32. The minimum Gasteiger partial charge on any atom is -0.316 e. The van der Waals surface area contributed by atoms with Crippen LogP contribution in [0.4, 0.5) is 11.4 Å². The Morgan fingerprint density at radius 2 is 1.59 bits per heavy atom. The van der Waals surface area contributed by atoms with Crippen molar-refractivity contribution < 1.29 is 13.2 Å². The van der Waals surface area contributed by atoms with E-state index < -0.39 is 10.0 Å². The standard InChI is InChI=1S/C14H15ClN2O3S2/c1-10(18)16(2)11-4-6-12(7-5-11)17(3)22(19,20)14-9-8-13(15)21-14/h4-9H,1-3H3. The van der Waals surface area contributed by atoms with Crippen LogP contribution in [0, 0.1) is 0 Å². The zero-order valence-electron chi connectivity index (χ0n) is 12.3. The molecule has 2 aromatic rings. The molecule has 0 aliphatic rings. The number of hydrogen-bond acceptors (Lipinski definition) is 4. The van der Waals surface area contributed by atoms with E-state index in [1.54, 1.807) is 37.4 Å². The Morgan fingerprint density at radius 1 is 1.05 bits per heavy atom. The van der Waals surface area contributed by atoms with E-state index in [0.717, 1.165) is 11.3 Å². The summed E-state index contributed by atoms with van der Waals surface area (Å²) in [6.07, 6.45) is 0. The largest absolute Gasteiger partial charge is 0.316 e. The molecule has 22 heavy (non-hydrogen) atoms. The Bertz CT molecular complexity index is 785. The molecule has 0 atom stereocenters. The van der Waals surface area contributed by atoms with E-state index in [1.165, 1.54) is 29.2 Å². The number of thiophene rings is 1. The van der Waals surface area contributed by atoms with Crippen LogP contribution in [0.25, 0.3) is 0 Å². The van der Waals surface area contributed by atoms with Crippen molar-refractivity contribution in [2.75, 3.05) is 23.3 Å². The number of sulfonamides is 1. The second-order valence-electron chi connectivity index (χ2n) is 4.63. The summed E-state index contributed by atoms with van der Waals surface area (Å²) in [5, 5.41) is 0. The van der Waals surface area contributed by atoms with E-state index in [2.05, 4.69) is 0 Å². The lowest BCUT2D eigenvalue weighted by Gasteiger charge is -2.20. The van der Waals surface area contributed by atoms with Crippen molar-refractivity contribution in [3.05, 3.63) is 40.7 Å². The summed E-state index contributed by atoms with van der Waals surface area (Å²) in [7, 11) is -0.497. The predicted molar refractivity (Wildman–Crippen MR) is 90.4 cm³/mol. The number of carbonyl (C=O) groups excluding carboxylic acids is 1. The van der Waals surface area contributed by atoms with Gasteiger partial charge < -0.3 is 4.90 Å². The summed E-state index contributed by atoms with van der Waals surface area (Å²) in [5.41, 5.74) is 1.20. The smallest absolute Gasteiger partial charge is 0.273 e. The van der Waals surface area contributed by atoms with Crippen LogP contribution in [0.1, 0.15) is 6.92 Å². The Morgan fingerprint density at radius 3 is 2.05 bits per heavy atom. The van der Waals surface area contributed by atoms with Gasteiger partial charge in [0.25, 0.3) is 10.0 Å². The summed E-state index contributed by atoms with van der Waals surface area (Å²) >= 11 is 6.81. The van der Waals surface area contributed by atoms with Gasteiger partial charge in [0.2, 0.25) is 5.91 Å². The molecule has 0 bridgehead atoms. The highest BCUT2D eigenvalue weighted by molar-refractivity contribution is 7.94. The van der Waals surface area contributed by atoms with Crippen molar-refractivity contribution >= 4 is 50.2 Å². The molecule has 0 unspecified atom stereocenters. The van der Waals surface area contributed by atoms with Crippen molar-refractivity contribution in [1.29, 1.82) is 0 Å². The van der Waals surface area contributed by atoms with Crippen molar-refractivity contribution in [3.8, 4) is 0 Å². The van der Waals surface area contributed by atoms with Gasteiger partial charge in [0.1, 0.15) is 4.21 Å². The summed E-state index contributed by atoms with van der Waals surface area (Å²) in [4.78, 5) is 12.8. The molecule has 1 amide bonds. The molecule has 5 nitrogen and oxygen atoms in total. The topological polar surface area (TPSA) is 57.7 Å². The van der Waals surface area contributed by atoms with Gasteiger partial charge >= 0.3 is 0 Å². The molecule has 0 aliphatic carbocycles. The van der Waals surface area contributed by atoms with Gasteiger partial charge in [-0.15, -0.1) is 11.3 Å². The quantitative estimate of drug-likeness (QED) is 0.843. The van der Waals surface area contributed by atoms with Crippen LogP contribution < -0.4 is 9.21 Å². The fraction of sp³-hybridized carbons (Fsp3) is 0.214.